The second kappa shape index (κ2) is 8.75. The molecule has 1 rings (SSSR count). The van der Waals surface area contributed by atoms with Gasteiger partial charge in [-0.1, -0.05) is 30.7 Å². The van der Waals surface area contributed by atoms with Crippen LogP contribution in [0.5, 0.6) is 0 Å². The summed E-state index contributed by atoms with van der Waals surface area (Å²) in [6.07, 6.45) is 2.66. The van der Waals surface area contributed by atoms with E-state index in [1.165, 1.54) is 18.7 Å². The Hall–Kier alpha value is -1.49. The van der Waals surface area contributed by atoms with Crippen molar-refractivity contribution >= 4 is 23.7 Å². The Morgan fingerprint density at radius 2 is 1.92 bits per heavy atom. The van der Waals surface area contributed by atoms with Crippen molar-refractivity contribution in [3.63, 3.8) is 0 Å². The van der Waals surface area contributed by atoms with Gasteiger partial charge in [-0.05, 0) is 50.6 Å². The maximum absolute atomic E-state index is 13.8. The van der Waals surface area contributed by atoms with Crippen LogP contribution in [0.2, 0.25) is 5.02 Å². The predicted octanol–water partition coefficient (Wildman–Crippen LogP) is 5.35. The summed E-state index contributed by atoms with van der Waals surface area (Å²) in [6.45, 7) is 8.20. The van der Waals surface area contributed by atoms with E-state index in [1.807, 2.05) is 25.3 Å². The first kappa shape index (κ1) is 21.6. The molecule has 140 valence electrons. The van der Waals surface area contributed by atoms with Gasteiger partial charge in [-0.2, -0.15) is 0 Å². The van der Waals surface area contributed by atoms with E-state index in [4.69, 9.17) is 11.6 Å². The van der Waals surface area contributed by atoms with Gasteiger partial charge in [-0.15, -0.1) is 0 Å². The maximum Gasteiger partial charge on any atom is 0.259 e. The Morgan fingerprint density at radius 3 is 2.44 bits per heavy atom. The number of halogens is 3. The average Bonchev–Trinajstić information content (AvgIpc) is 2.53. The van der Waals surface area contributed by atoms with E-state index in [1.54, 1.807) is 13.0 Å². The van der Waals surface area contributed by atoms with Crippen molar-refractivity contribution in [1.82, 2.24) is 4.90 Å². The number of carbonyl (C=O) groups is 1. The Bertz CT molecular complexity index is 624. The highest BCUT2D eigenvalue weighted by atomic mass is 35.5. The Morgan fingerprint density at radius 1 is 1.28 bits per heavy atom. The lowest BCUT2D eigenvalue weighted by Crippen LogP contribution is -2.49. The Kier molecular flexibility index (Phi) is 7.54. The molecule has 0 aliphatic heterocycles. The van der Waals surface area contributed by atoms with Crippen molar-refractivity contribution in [1.29, 1.82) is 0 Å². The fraction of sp³-hybridized carbons (Fsp3) is 0.579. The van der Waals surface area contributed by atoms with Gasteiger partial charge in [-0.3, -0.25) is 9.79 Å². The van der Waals surface area contributed by atoms with E-state index in [-0.39, 0.29) is 6.54 Å². The van der Waals surface area contributed by atoms with Crippen LogP contribution < -0.4 is 0 Å². The van der Waals surface area contributed by atoms with E-state index in [2.05, 4.69) is 4.99 Å². The highest BCUT2D eigenvalue weighted by Gasteiger charge is 2.49. The molecule has 0 saturated heterocycles. The lowest BCUT2D eigenvalue weighted by atomic mass is 9.84. The van der Waals surface area contributed by atoms with Crippen LogP contribution in [0.25, 0.3) is 0 Å². The van der Waals surface area contributed by atoms with Gasteiger partial charge in [0.25, 0.3) is 5.92 Å². The fourth-order valence-electron chi connectivity index (χ4n) is 2.27. The molecule has 0 heterocycles. The maximum atomic E-state index is 13.8. The van der Waals surface area contributed by atoms with Gasteiger partial charge in [0, 0.05) is 25.0 Å². The van der Waals surface area contributed by atoms with Crippen molar-refractivity contribution in [3.8, 4) is 0 Å². The third-order valence-electron chi connectivity index (χ3n) is 4.36. The van der Waals surface area contributed by atoms with Gasteiger partial charge in [-0.25, -0.2) is 8.78 Å². The molecule has 0 spiro atoms. The number of hydrogen-bond acceptors (Lipinski definition) is 2. The lowest BCUT2D eigenvalue weighted by Gasteiger charge is -2.35. The lowest BCUT2D eigenvalue weighted by molar-refractivity contribution is -0.162. The van der Waals surface area contributed by atoms with Crippen molar-refractivity contribution in [3.05, 3.63) is 34.3 Å². The Labute approximate surface area is 154 Å². The van der Waals surface area contributed by atoms with E-state index in [0.29, 0.717) is 18.1 Å². The largest absolute Gasteiger partial charge is 0.338 e. The minimum atomic E-state index is -3.10. The summed E-state index contributed by atoms with van der Waals surface area (Å²) in [5.41, 5.74) is -0.0621. The van der Waals surface area contributed by atoms with Crippen LogP contribution in [0.1, 0.15) is 52.2 Å². The molecule has 1 amide bonds. The van der Waals surface area contributed by atoms with E-state index < -0.39 is 17.2 Å². The van der Waals surface area contributed by atoms with Gasteiger partial charge < -0.3 is 4.90 Å². The van der Waals surface area contributed by atoms with Crippen LogP contribution in [-0.2, 0) is 17.9 Å². The SMILES string of the molecule is CC/C=N\Cc1cc(CN(CC)C(=O)C(C)(C)C(C)(F)F)ccc1Cl. The fourth-order valence-corrected chi connectivity index (χ4v) is 2.45. The summed E-state index contributed by atoms with van der Waals surface area (Å²) in [4.78, 5) is 18.3. The van der Waals surface area contributed by atoms with E-state index >= 15 is 0 Å². The molecule has 1 aromatic rings. The third kappa shape index (κ3) is 5.50. The quantitative estimate of drug-likeness (QED) is 0.566. The zero-order chi connectivity index (χ0) is 19.3. The van der Waals surface area contributed by atoms with Gasteiger partial charge >= 0.3 is 0 Å². The normalized spacial score (nSPS) is 12.6. The molecule has 3 nitrogen and oxygen atoms in total. The molecular weight excluding hydrogens is 346 g/mol. The van der Waals surface area contributed by atoms with Crippen molar-refractivity contribution in [2.45, 2.75) is 60.1 Å². The zero-order valence-corrected chi connectivity index (χ0v) is 16.3. The minimum Gasteiger partial charge on any atom is -0.338 e. The second-order valence-corrected chi connectivity index (χ2v) is 7.10. The standard InChI is InChI=1S/C19H27ClF2N2O/c1-6-10-23-12-15-11-14(8-9-16(15)20)13-24(7-2)17(25)18(3,4)19(5,21)22/h8-11H,6-7,12-13H2,1-5H3/b23-10-. The molecule has 0 aromatic heterocycles. The van der Waals surface area contributed by atoms with Gasteiger partial charge in [0.15, 0.2) is 0 Å². The minimum absolute atomic E-state index is 0.260. The molecule has 0 aliphatic carbocycles. The molecule has 0 atom stereocenters. The molecule has 0 radical (unpaired) electrons. The number of nitrogens with zero attached hydrogens (tertiary/aromatic N) is 2. The highest BCUT2D eigenvalue weighted by molar-refractivity contribution is 6.31. The zero-order valence-electron chi connectivity index (χ0n) is 15.6. The van der Waals surface area contributed by atoms with E-state index in [9.17, 15) is 13.6 Å². The molecule has 0 saturated carbocycles. The van der Waals surface area contributed by atoms with Crippen LogP contribution in [0.15, 0.2) is 23.2 Å². The summed E-state index contributed by atoms with van der Waals surface area (Å²) >= 11 is 6.19. The molecule has 25 heavy (non-hydrogen) atoms. The van der Waals surface area contributed by atoms with Crippen LogP contribution in [-0.4, -0.2) is 29.5 Å². The van der Waals surface area contributed by atoms with Gasteiger partial charge in [0.05, 0.1) is 6.54 Å². The van der Waals surface area contributed by atoms with Crippen molar-refractivity contribution < 1.29 is 13.6 Å². The smallest absolute Gasteiger partial charge is 0.259 e. The molecule has 6 heteroatoms. The van der Waals surface area contributed by atoms with E-state index in [0.717, 1.165) is 24.5 Å². The first-order valence-corrected chi connectivity index (χ1v) is 8.85. The summed E-state index contributed by atoms with van der Waals surface area (Å²) in [5, 5.41) is 0.604. The van der Waals surface area contributed by atoms with Crippen LogP contribution >= 0.6 is 11.6 Å². The molecule has 0 N–H and O–H groups in total. The predicted molar refractivity (Wildman–Crippen MR) is 99.4 cm³/mol. The van der Waals surface area contributed by atoms with Crippen LogP contribution in [0.4, 0.5) is 8.78 Å². The summed E-state index contributed by atoms with van der Waals surface area (Å²) in [5.74, 6) is -3.67. The highest BCUT2D eigenvalue weighted by Crippen LogP contribution is 2.37. The second-order valence-electron chi connectivity index (χ2n) is 6.69. The van der Waals surface area contributed by atoms with Crippen molar-refractivity contribution in [2.24, 2.45) is 10.4 Å². The molecular formula is C19H27ClF2N2O. The Balaban J connectivity index is 3.00. The summed E-state index contributed by atoms with van der Waals surface area (Å²) in [7, 11) is 0. The number of aliphatic imine (C=N–C) groups is 1. The monoisotopic (exact) mass is 372 g/mol. The molecule has 0 bridgehead atoms. The van der Waals surface area contributed by atoms with Crippen molar-refractivity contribution in [2.75, 3.05) is 6.54 Å². The number of amides is 1. The summed E-state index contributed by atoms with van der Waals surface area (Å²) in [6, 6.07) is 5.44. The molecule has 0 unspecified atom stereocenters. The molecule has 1 aromatic carbocycles. The summed E-state index contributed by atoms with van der Waals surface area (Å²) < 4.78 is 27.6. The third-order valence-corrected chi connectivity index (χ3v) is 4.73. The van der Waals surface area contributed by atoms with Gasteiger partial charge in [0.1, 0.15) is 5.41 Å². The number of rotatable bonds is 8. The molecule has 0 fully saturated rings. The topological polar surface area (TPSA) is 32.7 Å². The van der Waals surface area contributed by atoms with Gasteiger partial charge in [0.2, 0.25) is 5.91 Å². The number of carbonyl (C=O) groups excluding carboxylic acids is 1. The molecule has 0 aliphatic rings. The average molecular weight is 373 g/mol. The number of hydrogen-bond donors (Lipinski definition) is 0. The first-order valence-electron chi connectivity index (χ1n) is 8.47. The van der Waals surface area contributed by atoms with Crippen LogP contribution in [0.3, 0.4) is 0 Å². The first-order chi connectivity index (χ1) is 11.5. The number of alkyl halides is 2. The number of benzene rings is 1. The van der Waals surface area contributed by atoms with Crippen LogP contribution in [0, 0.1) is 5.41 Å².